The minimum absolute atomic E-state index is 0.00601. The highest BCUT2D eigenvalue weighted by Gasteiger charge is 2.24. The molecular formula is C23H31N3O4. The number of carbonyl (C=O) groups is 1. The second kappa shape index (κ2) is 10.8. The van der Waals surface area contributed by atoms with Crippen molar-refractivity contribution < 1.29 is 19.0 Å². The Morgan fingerprint density at radius 2 is 1.73 bits per heavy atom. The topological polar surface area (TPSA) is 72.1 Å². The molecule has 7 heteroatoms. The second-order valence-electron chi connectivity index (χ2n) is 7.27. The molecule has 1 heterocycles. The van der Waals surface area contributed by atoms with Crippen LogP contribution in [0.5, 0.6) is 11.5 Å². The van der Waals surface area contributed by atoms with Gasteiger partial charge in [0.15, 0.2) is 11.5 Å². The molecule has 1 aliphatic rings. The van der Waals surface area contributed by atoms with E-state index >= 15 is 0 Å². The van der Waals surface area contributed by atoms with E-state index in [0.717, 1.165) is 24.2 Å². The highest BCUT2D eigenvalue weighted by Crippen LogP contribution is 2.32. The Morgan fingerprint density at radius 1 is 1.03 bits per heavy atom. The zero-order valence-electron chi connectivity index (χ0n) is 17.9. The van der Waals surface area contributed by atoms with Gasteiger partial charge >= 0.3 is 6.03 Å². The Bertz CT molecular complexity index is 809. The first-order valence-corrected chi connectivity index (χ1v) is 10.3. The van der Waals surface area contributed by atoms with Crippen LogP contribution in [-0.2, 0) is 4.74 Å². The van der Waals surface area contributed by atoms with Gasteiger partial charge in [0.25, 0.3) is 0 Å². The Hall–Kier alpha value is -2.77. The maximum absolute atomic E-state index is 12.6. The summed E-state index contributed by atoms with van der Waals surface area (Å²) in [5, 5.41) is 6.05. The second-order valence-corrected chi connectivity index (χ2v) is 7.27. The lowest BCUT2D eigenvalue weighted by molar-refractivity contribution is 0.0166. The highest BCUT2D eigenvalue weighted by atomic mass is 16.5. The predicted molar refractivity (Wildman–Crippen MR) is 116 cm³/mol. The predicted octanol–water partition coefficient (Wildman–Crippen LogP) is 3.14. The van der Waals surface area contributed by atoms with E-state index in [4.69, 9.17) is 14.2 Å². The molecule has 1 saturated heterocycles. The molecule has 30 heavy (non-hydrogen) atoms. The Labute approximate surface area is 178 Å². The molecule has 1 fully saturated rings. The van der Waals surface area contributed by atoms with E-state index in [1.54, 1.807) is 14.2 Å². The highest BCUT2D eigenvalue weighted by molar-refractivity contribution is 5.74. The van der Waals surface area contributed by atoms with Crippen LogP contribution in [0.1, 0.15) is 30.1 Å². The zero-order valence-corrected chi connectivity index (χ0v) is 17.9. The summed E-state index contributed by atoms with van der Waals surface area (Å²) >= 11 is 0. The van der Waals surface area contributed by atoms with Gasteiger partial charge in [-0.25, -0.2) is 4.79 Å². The molecule has 2 N–H and O–H groups in total. The first-order valence-electron chi connectivity index (χ1n) is 10.3. The molecular weight excluding hydrogens is 382 g/mol. The summed E-state index contributed by atoms with van der Waals surface area (Å²) in [4.78, 5) is 14.9. The number of urea groups is 1. The van der Waals surface area contributed by atoms with Gasteiger partial charge in [-0.05, 0) is 30.2 Å². The first-order chi connectivity index (χ1) is 14.6. The fraction of sp³-hybridized carbons (Fsp3) is 0.435. The number of amides is 2. The van der Waals surface area contributed by atoms with Crippen molar-refractivity contribution in [2.24, 2.45) is 0 Å². The van der Waals surface area contributed by atoms with Crippen molar-refractivity contribution in [1.29, 1.82) is 0 Å². The molecule has 0 spiro atoms. The Balaban J connectivity index is 1.69. The average molecular weight is 414 g/mol. The third kappa shape index (κ3) is 5.64. The van der Waals surface area contributed by atoms with Crippen molar-refractivity contribution in [1.82, 2.24) is 15.5 Å². The number of ether oxygens (including phenoxy) is 3. The van der Waals surface area contributed by atoms with Crippen LogP contribution in [0.15, 0.2) is 48.5 Å². The van der Waals surface area contributed by atoms with Crippen LogP contribution in [0.4, 0.5) is 4.79 Å². The molecule has 0 unspecified atom stereocenters. The third-order valence-corrected chi connectivity index (χ3v) is 5.38. The summed E-state index contributed by atoms with van der Waals surface area (Å²) in [6.07, 6.45) is 0. The molecule has 1 aliphatic heterocycles. The van der Waals surface area contributed by atoms with E-state index in [1.807, 2.05) is 55.5 Å². The molecule has 162 valence electrons. The molecule has 2 aromatic rings. The molecule has 2 amide bonds. The fourth-order valence-corrected chi connectivity index (χ4v) is 3.67. The van der Waals surface area contributed by atoms with Crippen molar-refractivity contribution in [2.45, 2.75) is 19.0 Å². The molecule has 0 bridgehead atoms. The number of morpholine rings is 1. The van der Waals surface area contributed by atoms with Gasteiger partial charge in [-0.1, -0.05) is 36.4 Å². The lowest BCUT2D eigenvalue weighted by Crippen LogP contribution is -2.46. The zero-order chi connectivity index (χ0) is 21.3. The number of nitrogens with zero attached hydrogens (tertiary/aromatic N) is 1. The molecule has 0 aromatic heterocycles. The van der Waals surface area contributed by atoms with Gasteiger partial charge < -0.3 is 24.8 Å². The van der Waals surface area contributed by atoms with Crippen molar-refractivity contribution in [3.05, 3.63) is 59.7 Å². The molecule has 0 aliphatic carbocycles. The average Bonchev–Trinajstić information content (AvgIpc) is 2.80. The number of benzene rings is 2. The summed E-state index contributed by atoms with van der Waals surface area (Å²) < 4.78 is 16.3. The number of hydrogen-bond donors (Lipinski definition) is 2. The van der Waals surface area contributed by atoms with Crippen LogP contribution in [-0.4, -0.2) is 58.0 Å². The molecule has 0 radical (unpaired) electrons. The Morgan fingerprint density at radius 3 is 2.40 bits per heavy atom. The summed E-state index contributed by atoms with van der Waals surface area (Å²) in [6.45, 7) is 5.43. The quantitative estimate of drug-likeness (QED) is 0.696. The molecule has 2 aromatic carbocycles. The van der Waals surface area contributed by atoms with Crippen LogP contribution >= 0.6 is 0 Å². The lowest BCUT2D eigenvalue weighted by Gasteiger charge is -2.35. The number of hydrogen-bond acceptors (Lipinski definition) is 5. The maximum atomic E-state index is 12.6. The van der Waals surface area contributed by atoms with Gasteiger partial charge in [0.2, 0.25) is 0 Å². The standard InChI is InChI=1S/C23H31N3O4/c1-17(18-7-5-4-6-8-18)25-23(27)24-16-20(26-11-13-30-14-12-26)19-9-10-21(28-2)22(15-19)29-3/h4-10,15,17,20H,11-14,16H2,1-3H3,(H2,24,25,27)/t17-,20-/m0/s1. The molecule has 2 atom stereocenters. The minimum atomic E-state index is -0.190. The van der Waals surface area contributed by atoms with E-state index in [-0.39, 0.29) is 18.1 Å². The van der Waals surface area contributed by atoms with Gasteiger partial charge in [-0.3, -0.25) is 4.90 Å². The number of nitrogens with one attached hydrogen (secondary N) is 2. The van der Waals surface area contributed by atoms with E-state index in [2.05, 4.69) is 15.5 Å². The number of carbonyl (C=O) groups excluding carboxylic acids is 1. The number of methoxy groups -OCH3 is 2. The molecule has 7 nitrogen and oxygen atoms in total. The van der Waals surface area contributed by atoms with Gasteiger partial charge in [-0.15, -0.1) is 0 Å². The molecule has 0 saturated carbocycles. The van der Waals surface area contributed by atoms with Crippen molar-refractivity contribution in [2.75, 3.05) is 47.1 Å². The van der Waals surface area contributed by atoms with Gasteiger partial charge in [0.05, 0.1) is 39.5 Å². The Kier molecular flexibility index (Phi) is 7.93. The largest absolute Gasteiger partial charge is 0.493 e. The van der Waals surface area contributed by atoms with Gasteiger partial charge in [0.1, 0.15) is 0 Å². The summed E-state index contributed by atoms with van der Waals surface area (Å²) in [7, 11) is 3.25. The summed E-state index contributed by atoms with van der Waals surface area (Å²) in [5.74, 6) is 1.36. The normalized spacial score (nSPS) is 16.4. The molecule has 3 rings (SSSR count). The third-order valence-electron chi connectivity index (χ3n) is 5.38. The van der Waals surface area contributed by atoms with Crippen molar-refractivity contribution in [3.8, 4) is 11.5 Å². The summed E-state index contributed by atoms with van der Waals surface area (Å²) in [6, 6.07) is 15.6. The lowest BCUT2D eigenvalue weighted by atomic mass is 10.0. The maximum Gasteiger partial charge on any atom is 0.315 e. The summed E-state index contributed by atoms with van der Waals surface area (Å²) in [5.41, 5.74) is 2.13. The number of rotatable bonds is 8. The van der Waals surface area contributed by atoms with Crippen molar-refractivity contribution in [3.63, 3.8) is 0 Å². The fourth-order valence-electron chi connectivity index (χ4n) is 3.67. The van der Waals surface area contributed by atoms with Crippen LogP contribution < -0.4 is 20.1 Å². The smallest absolute Gasteiger partial charge is 0.315 e. The van der Waals surface area contributed by atoms with Crippen LogP contribution in [0.25, 0.3) is 0 Å². The van der Waals surface area contributed by atoms with E-state index in [9.17, 15) is 4.79 Å². The van der Waals surface area contributed by atoms with Crippen LogP contribution in [0, 0.1) is 0 Å². The monoisotopic (exact) mass is 413 g/mol. The van der Waals surface area contributed by atoms with Crippen LogP contribution in [0.2, 0.25) is 0 Å². The van der Waals surface area contributed by atoms with Crippen LogP contribution in [0.3, 0.4) is 0 Å². The van der Waals surface area contributed by atoms with E-state index in [0.29, 0.717) is 31.3 Å². The van der Waals surface area contributed by atoms with E-state index < -0.39 is 0 Å². The first kappa shape index (κ1) is 21.9. The van der Waals surface area contributed by atoms with E-state index in [1.165, 1.54) is 0 Å². The SMILES string of the molecule is COc1ccc([C@H](CNC(=O)N[C@@H](C)c2ccccc2)N2CCOCC2)cc1OC. The van der Waals surface area contributed by atoms with Gasteiger partial charge in [-0.2, -0.15) is 0 Å². The van der Waals surface area contributed by atoms with Gasteiger partial charge in [0, 0.05) is 19.6 Å². The minimum Gasteiger partial charge on any atom is -0.493 e. The van der Waals surface area contributed by atoms with Crippen molar-refractivity contribution >= 4 is 6.03 Å².